The Morgan fingerprint density at radius 1 is 1.32 bits per heavy atom. The van der Waals surface area contributed by atoms with Crippen LogP contribution in [0.4, 0.5) is 0 Å². The first kappa shape index (κ1) is 19.6. The van der Waals surface area contributed by atoms with Crippen LogP contribution in [-0.4, -0.2) is 48.3 Å². The second-order valence-electron chi connectivity index (χ2n) is 5.52. The van der Waals surface area contributed by atoms with E-state index in [2.05, 4.69) is 10.3 Å². The fraction of sp³-hybridized carbons (Fsp3) is 0.333. The molecule has 2 aromatic rings. The molecule has 1 N–H and O–H groups in total. The Morgan fingerprint density at radius 2 is 2.08 bits per heavy atom. The molecule has 0 spiro atoms. The van der Waals surface area contributed by atoms with Gasteiger partial charge in [0.05, 0.1) is 18.9 Å². The number of hydrogen-bond donors (Lipinski definition) is 1. The molecule has 0 aliphatic carbocycles. The molecule has 0 saturated carbocycles. The van der Waals surface area contributed by atoms with Gasteiger partial charge in [-0.3, -0.25) is 9.78 Å². The molecule has 1 aromatic heterocycles. The van der Waals surface area contributed by atoms with Crippen molar-refractivity contribution >= 4 is 30.1 Å². The van der Waals surface area contributed by atoms with Crippen LogP contribution in [0.1, 0.15) is 11.6 Å². The third-order valence-corrected chi connectivity index (χ3v) is 5.07. The number of amides is 1. The van der Waals surface area contributed by atoms with E-state index in [1.165, 1.54) is 0 Å². The molecular weight excluding hydrogens is 358 g/mol. The highest BCUT2D eigenvalue weighted by molar-refractivity contribution is 8.00. The van der Waals surface area contributed by atoms with Crippen LogP contribution in [0, 0.1) is 0 Å². The van der Waals surface area contributed by atoms with Crippen molar-refractivity contribution in [1.82, 2.24) is 15.2 Å². The van der Waals surface area contributed by atoms with E-state index >= 15 is 0 Å². The van der Waals surface area contributed by atoms with Crippen LogP contribution in [0.5, 0.6) is 5.75 Å². The fourth-order valence-corrected chi connectivity index (χ4v) is 3.65. The molecule has 1 amide bonds. The van der Waals surface area contributed by atoms with Gasteiger partial charge in [-0.2, -0.15) is 0 Å². The third kappa shape index (κ3) is 4.87. The summed E-state index contributed by atoms with van der Waals surface area (Å²) >= 11 is 1.55. The molecule has 1 aliphatic heterocycles. The van der Waals surface area contributed by atoms with Crippen LogP contribution in [0.3, 0.4) is 0 Å². The Kier molecular flexibility index (Phi) is 7.55. The Balaban J connectivity index is 0.00000225. The van der Waals surface area contributed by atoms with Crippen molar-refractivity contribution in [2.45, 2.75) is 10.9 Å². The lowest BCUT2D eigenvalue weighted by molar-refractivity contribution is -0.131. The number of halogens is 1. The molecule has 134 valence electrons. The number of pyridine rings is 1. The van der Waals surface area contributed by atoms with E-state index in [9.17, 15) is 4.79 Å². The number of benzene rings is 1. The van der Waals surface area contributed by atoms with Gasteiger partial charge in [0.15, 0.2) is 0 Å². The molecule has 1 unspecified atom stereocenters. The molecule has 1 saturated heterocycles. The van der Waals surface area contributed by atoms with Gasteiger partial charge < -0.3 is 15.0 Å². The molecule has 5 nitrogen and oxygen atoms in total. The number of carbonyl (C=O) groups excluding carboxylic acids is 1. The smallest absolute Gasteiger partial charge is 0.233 e. The molecule has 1 aromatic carbocycles. The van der Waals surface area contributed by atoms with E-state index in [0.717, 1.165) is 29.3 Å². The fourth-order valence-electron chi connectivity index (χ4n) is 2.88. The zero-order valence-electron chi connectivity index (χ0n) is 14.1. The predicted octanol–water partition coefficient (Wildman–Crippen LogP) is 2.78. The summed E-state index contributed by atoms with van der Waals surface area (Å²) in [5, 5.41) is 3.38. The number of hydrogen-bond acceptors (Lipinski definition) is 5. The van der Waals surface area contributed by atoms with Gasteiger partial charge in [-0.25, -0.2) is 0 Å². The third-order valence-electron chi connectivity index (χ3n) is 4.07. The number of thioether (sulfide) groups is 1. The van der Waals surface area contributed by atoms with E-state index < -0.39 is 0 Å². The highest BCUT2D eigenvalue weighted by atomic mass is 35.5. The van der Waals surface area contributed by atoms with Gasteiger partial charge >= 0.3 is 0 Å². The summed E-state index contributed by atoms with van der Waals surface area (Å²) in [5.74, 6) is 1.40. The second-order valence-corrected chi connectivity index (χ2v) is 6.57. The number of nitrogens with zero attached hydrogens (tertiary/aromatic N) is 2. The summed E-state index contributed by atoms with van der Waals surface area (Å²) < 4.78 is 5.48. The SMILES string of the molecule is COc1ccccc1C1CNCCN1C(=O)CSc1ccncc1.Cl. The molecule has 1 atom stereocenters. The number of aromatic nitrogens is 1. The standard InChI is InChI=1S/C18H21N3O2S.ClH/c1-23-17-5-3-2-4-15(17)16-12-20-10-11-21(16)18(22)13-24-14-6-8-19-9-7-14;/h2-9,16,20H,10-13H2,1H3;1H. The van der Waals surface area contributed by atoms with Crippen LogP contribution in [0.25, 0.3) is 0 Å². The lowest BCUT2D eigenvalue weighted by atomic mass is 10.0. The monoisotopic (exact) mass is 379 g/mol. The van der Waals surface area contributed by atoms with E-state index in [4.69, 9.17) is 4.74 Å². The zero-order valence-corrected chi connectivity index (χ0v) is 15.7. The first-order valence-electron chi connectivity index (χ1n) is 7.95. The van der Waals surface area contributed by atoms with E-state index in [1.807, 2.05) is 41.3 Å². The maximum absolute atomic E-state index is 12.8. The number of carbonyl (C=O) groups is 1. The van der Waals surface area contributed by atoms with Crippen LogP contribution in [-0.2, 0) is 4.79 Å². The highest BCUT2D eigenvalue weighted by Gasteiger charge is 2.29. The molecule has 7 heteroatoms. The number of rotatable bonds is 5. The topological polar surface area (TPSA) is 54.5 Å². The average Bonchev–Trinajstić information content (AvgIpc) is 2.67. The molecule has 25 heavy (non-hydrogen) atoms. The van der Waals surface area contributed by atoms with Crippen molar-refractivity contribution in [3.63, 3.8) is 0 Å². The normalized spacial score (nSPS) is 16.8. The Bertz CT molecular complexity index is 687. The highest BCUT2D eigenvalue weighted by Crippen LogP contribution is 2.31. The van der Waals surface area contributed by atoms with Crippen molar-refractivity contribution in [2.75, 3.05) is 32.5 Å². The molecule has 0 radical (unpaired) electrons. The quantitative estimate of drug-likeness (QED) is 0.809. The molecule has 1 fully saturated rings. The van der Waals surface area contributed by atoms with Gasteiger partial charge in [-0.1, -0.05) is 18.2 Å². The lowest BCUT2D eigenvalue weighted by Crippen LogP contribution is -2.49. The van der Waals surface area contributed by atoms with Crippen molar-refractivity contribution in [3.05, 3.63) is 54.4 Å². The molecular formula is C18H22ClN3O2S. The first-order valence-corrected chi connectivity index (χ1v) is 8.94. The zero-order chi connectivity index (χ0) is 16.8. The first-order chi connectivity index (χ1) is 11.8. The number of para-hydroxylation sites is 1. The Hall–Kier alpha value is -1.76. The minimum atomic E-state index is 0. The van der Waals surface area contributed by atoms with Gasteiger partial charge in [0.25, 0.3) is 0 Å². The minimum absolute atomic E-state index is 0. The molecule has 0 bridgehead atoms. The number of nitrogens with one attached hydrogen (secondary N) is 1. The van der Waals surface area contributed by atoms with Crippen LogP contribution in [0.15, 0.2) is 53.7 Å². The predicted molar refractivity (Wildman–Crippen MR) is 103 cm³/mol. The van der Waals surface area contributed by atoms with Crippen molar-refractivity contribution < 1.29 is 9.53 Å². The summed E-state index contributed by atoms with van der Waals surface area (Å²) in [5.41, 5.74) is 1.05. The average molecular weight is 380 g/mol. The summed E-state index contributed by atoms with van der Waals surface area (Å²) in [4.78, 5) is 19.8. The Labute approximate surface area is 158 Å². The summed E-state index contributed by atoms with van der Waals surface area (Å²) in [6.45, 7) is 2.27. The minimum Gasteiger partial charge on any atom is -0.496 e. The van der Waals surface area contributed by atoms with Gasteiger partial charge in [-0.15, -0.1) is 24.2 Å². The van der Waals surface area contributed by atoms with Crippen molar-refractivity contribution in [1.29, 1.82) is 0 Å². The Morgan fingerprint density at radius 3 is 2.84 bits per heavy atom. The molecule has 2 heterocycles. The van der Waals surface area contributed by atoms with E-state index in [0.29, 0.717) is 12.3 Å². The van der Waals surface area contributed by atoms with Crippen LogP contribution >= 0.6 is 24.2 Å². The maximum Gasteiger partial charge on any atom is 0.233 e. The van der Waals surface area contributed by atoms with Gasteiger partial charge in [0.2, 0.25) is 5.91 Å². The van der Waals surface area contributed by atoms with Gasteiger partial charge in [0, 0.05) is 42.5 Å². The van der Waals surface area contributed by atoms with E-state index in [1.54, 1.807) is 31.3 Å². The number of ether oxygens (including phenoxy) is 1. The second kappa shape index (κ2) is 9.65. The lowest BCUT2D eigenvalue weighted by Gasteiger charge is -2.37. The van der Waals surface area contributed by atoms with Gasteiger partial charge in [-0.05, 0) is 18.2 Å². The largest absolute Gasteiger partial charge is 0.496 e. The van der Waals surface area contributed by atoms with Crippen LogP contribution < -0.4 is 10.1 Å². The van der Waals surface area contributed by atoms with Crippen LogP contribution in [0.2, 0.25) is 0 Å². The van der Waals surface area contributed by atoms with E-state index in [-0.39, 0.29) is 24.4 Å². The number of piperazine rings is 1. The van der Waals surface area contributed by atoms with Gasteiger partial charge in [0.1, 0.15) is 5.75 Å². The summed E-state index contributed by atoms with van der Waals surface area (Å²) in [7, 11) is 1.67. The maximum atomic E-state index is 12.8. The van der Waals surface area contributed by atoms with Crippen molar-refractivity contribution in [2.24, 2.45) is 0 Å². The van der Waals surface area contributed by atoms with Crippen molar-refractivity contribution in [3.8, 4) is 5.75 Å². The molecule has 1 aliphatic rings. The number of methoxy groups -OCH3 is 1. The molecule has 3 rings (SSSR count). The summed E-state index contributed by atoms with van der Waals surface area (Å²) in [6, 6.07) is 11.8. The summed E-state index contributed by atoms with van der Waals surface area (Å²) in [6.07, 6.45) is 3.49.